The molecule has 0 amide bonds. The quantitative estimate of drug-likeness (QED) is 0.541. The van der Waals surface area contributed by atoms with E-state index in [1.807, 2.05) is 25.3 Å². The third-order valence-electron chi connectivity index (χ3n) is 4.75. The Hall–Kier alpha value is -2.92. The molecule has 0 spiro atoms. The molecule has 1 aromatic carbocycles. The smallest absolute Gasteiger partial charge is 0.418 e. The van der Waals surface area contributed by atoms with E-state index in [0.29, 0.717) is 17.7 Å². The highest BCUT2D eigenvalue weighted by atomic mass is 32.1. The standard InChI is InChI=1S/C22H20F3N3OS/c1-3-6-20-27-16(13-30-20)12-28-19(15-8-5-7-14(4-2)9-15)10-18(22(23,24)25)17(11-26)21(28)29/h5,7-10,13H,3-4,6,12H2,1-2H3/p+1. The van der Waals surface area contributed by atoms with Gasteiger partial charge in [0.15, 0.2) is 12.1 Å². The van der Waals surface area contributed by atoms with E-state index < -0.39 is 23.2 Å². The molecule has 0 saturated carbocycles. The summed E-state index contributed by atoms with van der Waals surface area (Å²) in [6.45, 7) is 4.05. The van der Waals surface area contributed by atoms with Crippen molar-refractivity contribution in [1.82, 2.24) is 4.98 Å². The number of aryl methyl sites for hydroxylation is 2. The van der Waals surface area contributed by atoms with Gasteiger partial charge in [-0.05, 0) is 37.0 Å². The Morgan fingerprint density at radius 1 is 1.23 bits per heavy atom. The minimum absolute atomic E-state index is 0.0601. The minimum atomic E-state index is -4.77. The molecule has 0 aliphatic heterocycles. The van der Waals surface area contributed by atoms with Crippen LogP contribution in [0.4, 0.5) is 13.2 Å². The Labute approximate surface area is 176 Å². The normalized spacial score (nSPS) is 11.5. The molecule has 156 valence electrons. The first-order chi connectivity index (χ1) is 14.3. The molecular formula is C22H21F3N3OS+. The number of hydrogen-bond acceptors (Lipinski definition) is 4. The van der Waals surface area contributed by atoms with E-state index in [-0.39, 0.29) is 12.2 Å². The zero-order chi connectivity index (χ0) is 21.9. The molecule has 0 unspecified atom stereocenters. The number of rotatable bonds is 6. The zero-order valence-electron chi connectivity index (χ0n) is 16.6. The Morgan fingerprint density at radius 3 is 2.63 bits per heavy atom. The molecule has 1 N–H and O–H groups in total. The first-order valence-corrected chi connectivity index (χ1v) is 10.5. The Bertz CT molecular complexity index is 1100. The monoisotopic (exact) mass is 432 g/mol. The van der Waals surface area contributed by atoms with Gasteiger partial charge in [-0.1, -0.05) is 26.0 Å². The molecule has 0 atom stereocenters. The lowest BCUT2D eigenvalue weighted by Gasteiger charge is -2.13. The van der Waals surface area contributed by atoms with Crippen LogP contribution < -0.4 is 4.57 Å². The molecule has 3 aromatic rings. The largest absolute Gasteiger partial charge is 0.459 e. The molecule has 2 aromatic heterocycles. The van der Waals surface area contributed by atoms with Crippen LogP contribution in [0.1, 0.15) is 47.7 Å². The summed E-state index contributed by atoms with van der Waals surface area (Å²) in [5.41, 5.74) is 0.348. The van der Waals surface area contributed by atoms with Crippen molar-refractivity contribution in [2.45, 2.75) is 45.8 Å². The zero-order valence-corrected chi connectivity index (χ0v) is 17.4. The van der Waals surface area contributed by atoms with Gasteiger partial charge in [-0.2, -0.15) is 23.0 Å². The first kappa shape index (κ1) is 21.8. The second kappa shape index (κ2) is 8.84. The van der Waals surface area contributed by atoms with Crippen molar-refractivity contribution in [1.29, 1.82) is 5.26 Å². The predicted octanol–water partition coefficient (Wildman–Crippen LogP) is 5.26. The number of benzene rings is 1. The van der Waals surface area contributed by atoms with Crippen molar-refractivity contribution in [2.75, 3.05) is 0 Å². The summed E-state index contributed by atoms with van der Waals surface area (Å²) in [5.74, 6) is -0.714. The molecule has 2 heterocycles. The van der Waals surface area contributed by atoms with Crippen molar-refractivity contribution in [2.24, 2.45) is 0 Å². The molecule has 8 heteroatoms. The average molecular weight is 432 g/mol. The van der Waals surface area contributed by atoms with E-state index in [1.54, 1.807) is 18.2 Å². The number of halogens is 3. The van der Waals surface area contributed by atoms with Crippen LogP contribution in [0.3, 0.4) is 0 Å². The number of nitriles is 1. The molecule has 4 nitrogen and oxygen atoms in total. The number of pyridine rings is 1. The average Bonchev–Trinajstić information content (AvgIpc) is 3.15. The van der Waals surface area contributed by atoms with Crippen molar-refractivity contribution >= 4 is 11.3 Å². The Kier molecular flexibility index (Phi) is 6.42. The van der Waals surface area contributed by atoms with Gasteiger partial charge in [0.25, 0.3) is 0 Å². The molecule has 0 saturated heterocycles. The van der Waals surface area contributed by atoms with Crippen molar-refractivity contribution in [3.63, 3.8) is 0 Å². The summed E-state index contributed by atoms with van der Waals surface area (Å²) in [4.78, 5) is 4.51. The van der Waals surface area contributed by atoms with E-state index in [1.165, 1.54) is 22.0 Å². The third kappa shape index (κ3) is 4.46. The number of thiazole rings is 1. The van der Waals surface area contributed by atoms with E-state index in [9.17, 15) is 23.5 Å². The fourth-order valence-corrected chi connectivity index (χ4v) is 4.14. The van der Waals surface area contributed by atoms with Crippen LogP contribution in [-0.4, -0.2) is 10.1 Å². The fourth-order valence-electron chi connectivity index (χ4n) is 3.25. The molecular weight excluding hydrogens is 411 g/mol. The molecule has 0 fully saturated rings. The summed E-state index contributed by atoms with van der Waals surface area (Å²) >= 11 is 1.47. The first-order valence-electron chi connectivity index (χ1n) is 9.58. The van der Waals surface area contributed by atoms with Gasteiger partial charge in [0.2, 0.25) is 5.69 Å². The molecule has 30 heavy (non-hydrogen) atoms. The third-order valence-corrected chi connectivity index (χ3v) is 5.71. The molecule has 3 rings (SSSR count). The molecule has 0 bridgehead atoms. The van der Waals surface area contributed by atoms with Crippen molar-refractivity contribution < 1.29 is 22.8 Å². The van der Waals surface area contributed by atoms with Gasteiger partial charge < -0.3 is 5.11 Å². The Balaban J connectivity index is 2.23. The van der Waals surface area contributed by atoms with E-state index >= 15 is 0 Å². The lowest BCUT2D eigenvalue weighted by molar-refractivity contribution is -0.684. The highest BCUT2D eigenvalue weighted by Gasteiger charge is 2.40. The van der Waals surface area contributed by atoms with Gasteiger partial charge in [-0.25, -0.2) is 4.98 Å². The van der Waals surface area contributed by atoms with Crippen LogP contribution in [0.15, 0.2) is 35.7 Å². The van der Waals surface area contributed by atoms with Gasteiger partial charge in [0.05, 0.1) is 10.6 Å². The number of aromatic hydroxyl groups is 1. The molecule has 0 aliphatic rings. The summed E-state index contributed by atoms with van der Waals surface area (Å²) in [7, 11) is 0. The van der Waals surface area contributed by atoms with Gasteiger partial charge in [0, 0.05) is 17.0 Å². The van der Waals surface area contributed by atoms with Crippen LogP contribution in [0, 0.1) is 11.3 Å². The minimum Gasteiger partial charge on any atom is -0.459 e. The van der Waals surface area contributed by atoms with Crippen molar-refractivity contribution in [3.05, 3.63) is 63.1 Å². The topological polar surface area (TPSA) is 60.8 Å². The lowest BCUT2D eigenvalue weighted by Crippen LogP contribution is -2.39. The maximum absolute atomic E-state index is 13.6. The fraction of sp³-hybridized carbons (Fsp3) is 0.318. The summed E-state index contributed by atoms with van der Waals surface area (Å²) in [6.07, 6.45) is -2.31. The molecule has 0 aliphatic carbocycles. The van der Waals surface area contributed by atoms with E-state index in [2.05, 4.69) is 4.98 Å². The predicted molar refractivity (Wildman–Crippen MR) is 108 cm³/mol. The second-order valence-electron chi connectivity index (χ2n) is 6.87. The van der Waals surface area contributed by atoms with E-state index in [0.717, 1.165) is 29.5 Å². The summed E-state index contributed by atoms with van der Waals surface area (Å²) in [6, 6.07) is 9.59. The van der Waals surface area contributed by atoms with Crippen LogP contribution in [0.5, 0.6) is 5.88 Å². The maximum atomic E-state index is 13.6. The summed E-state index contributed by atoms with van der Waals surface area (Å²) in [5, 5.41) is 22.8. The van der Waals surface area contributed by atoms with Crippen LogP contribution in [0.25, 0.3) is 11.3 Å². The van der Waals surface area contributed by atoms with Gasteiger partial charge >= 0.3 is 12.1 Å². The van der Waals surface area contributed by atoms with Crippen molar-refractivity contribution in [3.8, 4) is 23.2 Å². The number of aromatic nitrogens is 2. The van der Waals surface area contributed by atoms with Gasteiger partial charge in [0.1, 0.15) is 11.8 Å². The van der Waals surface area contributed by atoms with Gasteiger partial charge in [-0.3, -0.25) is 0 Å². The van der Waals surface area contributed by atoms with Crippen LogP contribution >= 0.6 is 11.3 Å². The molecule has 0 radical (unpaired) electrons. The SMILES string of the molecule is CCCc1nc(C[n+]2c(-c3cccc(CC)c3)cc(C(F)(F)F)c(C#N)c2O)cs1. The van der Waals surface area contributed by atoms with Gasteiger partial charge in [-0.15, -0.1) is 11.3 Å². The van der Waals surface area contributed by atoms with E-state index in [4.69, 9.17) is 0 Å². The highest BCUT2D eigenvalue weighted by Crippen LogP contribution is 2.36. The Morgan fingerprint density at radius 2 is 2.00 bits per heavy atom. The number of nitrogens with zero attached hydrogens (tertiary/aromatic N) is 3. The van der Waals surface area contributed by atoms with Crippen LogP contribution in [0.2, 0.25) is 0 Å². The highest BCUT2D eigenvalue weighted by molar-refractivity contribution is 7.09. The number of alkyl halides is 3. The lowest BCUT2D eigenvalue weighted by atomic mass is 10.0. The maximum Gasteiger partial charge on any atom is 0.418 e. The van der Waals surface area contributed by atoms with Crippen LogP contribution in [-0.2, 0) is 25.6 Å². The second-order valence-corrected chi connectivity index (χ2v) is 7.82. The summed E-state index contributed by atoms with van der Waals surface area (Å²) < 4.78 is 42.2. The number of hydrogen-bond donors (Lipinski definition) is 1.